The van der Waals surface area contributed by atoms with Crippen molar-refractivity contribution < 1.29 is 4.42 Å². The van der Waals surface area contributed by atoms with E-state index < -0.39 is 0 Å². The SMILES string of the molecule is c1ccc(-c2ccc(-c3cccc(N(c4cccc(-c5ccc6ccccc6c5)c4)c4ccc(-c5ccccc5)c5oc6ccccc6c45)c3)cc2)cc1. The lowest BCUT2D eigenvalue weighted by Gasteiger charge is -2.27. The lowest BCUT2D eigenvalue weighted by atomic mass is 9.98. The zero-order chi connectivity index (χ0) is 35.8. The van der Waals surface area contributed by atoms with E-state index in [-0.39, 0.29) is 0 Å². The Balaban J connectivity index is 1.17. The Morgan fingerprint density at radius 1 is 0.333 bits per heavy atom. The Morgan fingerprint density at radius 2 is 0.852 bits per heavy atom. The van der Waals surface area contributed by atoms with E-state index in [2.05, 4.69) is 211 Å². The van der Waals surface area contributed by atoms with Gasteiger partial charge in [-0.1, -0.05) is 164 Å². The second-order valence-electron chi connectivity index (χ2n) is 13.7. The van der Waals surface area contributed by atoms with Crippen LogP contribution >= 0.6 is 0 Å². The molecule has 9 aromatic carbocycles. The van der Waals surface area contributed by atoms with Crippen LogP contribution in [0.25, 0.3) is 77.2 Å². The molecule has 0 aliphatic rings. The van der Waals surface area contributed by atoms with Crippen molar-refractivity contribution in [2.45, 2.75) is 0 Å². The normalized spacial score (nSPS) is 11.3. The predicted octanol–water partition coefficient (Wildman–Crippen LogP) is 14.9. The third-order valence-corrected chi connectivity index (χ3v) is 10.4. The first-order valence-electron chi connectivity index (χ1n) is 18.4. The minimum atomic E-state index is 0.870. The van der Waals surface area contributed by atoms with E-state index in [1.165, 1.54) is 33.0 Å². The zero-order valence-electron chi connectivity index (χ0n) is 29.6. The largest absolute Gasteiger partial charge is 0.455 e. The summed E-state index contributed by atoms with van der Waals surface area (Å²) in [5.74, 6) is 0. The Kier molecular flexibility index (Phi) is 7.85. The molecule has 1 heterocycles. The Bertz CT molecular complexity index is 2920. The molecule has 0 fully saturated rings. The van der Waals surface area contributed by atoms with Crippen LogP contribution in [0.1, 0.15) is 0 Å². The standard InChI is InChI=1S/C52H35NO/c1-3-13-36(14-4-1)38-25-27-39(28-26-38)42-19-11-21-45(34-42)53(46-22-12-20-43(35-46)44-30-29-37-15-7-8-18-41(37)33-44)49-32-31-47(40-16-5-2-6-17-40)52-51(49)48-23-9-10-24-50(48)54-52/h1-35H. The number of anilines is 3. The van der Waals surface area contributed by atoms with Gasteiger partial charge in [-0.3, -0.25) is 0 Å². The van der Waals surface area contributed by atoms with Crippen LogP contribution in [0, 0.1) is 0 Å². The van der Waals surface area contributed by atoms with Crippen molar-refractivity contribution in [2.75, 3.05) is 4.90 Å². The van der Waals surface area contributed by atoms with Crippen molar-refractivity contribution in [2.24, 2.45) is 0 Å². The third kappa shape index (κ3) is 5.71. The molecule has 10 aromatic rings. The highest BCUT2D eigenvalue weighted by atomic mass is 16.3. The highest BCUT2D eigenvalue weighted by Crippen LogP contribution is 2.47. The van der Waals surface area contributed by atoms with Crippen molar-refractivity contribution in [3.63, 3.8) is 0 Å². The molecule has 2 heteroatoms. The fourth-order valence-corrected chi connectivity index (χ4v) is 7.77. The number of rotatable bonds is 7. The summed E-state index contributed by atoms with van der Waals surface area (Å²) in [5.41, 5.74) is 14.2. The maximum absolute atomic E-state index is 6.75. The van der Waals surface area contributed by atoms with Crippen molar-refractivity contribution in [3.8, 4) is 44.5 Å². The molecule has 0 bridgehead atoms. The molecule has 0 radical (unpaired) electrons. The first-order chi connectivity index (χ1) is 26.8. The van der Waals surface area contributed by atoms with Crippen molar-refractivity contribution in [3.05, 3.63) is 212 Å². The predicted molar refractivity (Wildman–Crippen MR) is 228 cm³/mol. The molecule has 0 amide bonds. The van der Waals surface area contributed by atoms with Crippen molar-refractivity contribution in [1.29, 1.82) is 0 Å². The molecule has 1 aromatic heterocycles. The van der Waals surface area contributed by atoms with E-state index in [0.29, 0.717) is 0 Å². The molecule has 0 saturated heterocycles. The number of furan rings is 1. The number of benzene rings is 9. The average Bonchev–Trinajstić information content (AvgIpc) is 3.65. The molecule has 0 spiro atoms. The molecule has 10 rings (SSSR count). The number of nitrogens with zero attached hydrogens (tertiary/aromatic N) is 1. The zero-order valence-corrected chi connectivity index (χ0v) is 29.6. The number of fused-ring (bicyclic) bond motifs is 4. The summed E-state index contributed by atoms with van der Waals surface area (Å²) in [5, 5.41) is 4.64. The first-order valence-corrected chi connectivity index (χ1v) is 18.4. The van der Waals surface area contributed by atoms with Gasteiger partial charge in [-0.15, -0.1) is 0 Å². The van der Waals surface area contributed by atoms with Crippen LogP contribution in [0.5, 0.6) is 0 Å². The van der Waals surface area contributed by atoms with Crippen molar-refractivity contribution in [1.82, 2.24) is 0 Å². The van der Waals surface area contributed by atoms with E-state index in [1.54, 1.807) is 0 Å². The molecule has 0 unspecified atom stereocenters. The van der Waals surface area contributed by atoms with Gasteiger partial charge < -0.3 is 9.32 Å². The molecule has 254 valence electrons. The highest BCUT2D eigenvalue weighted by molar-refractivity contribution is 6.17. The first kappa shape index (κ1) is 31.6. The summed E-state index contributed by atoms with van der Waals surface area (Å²) >= 11 is 0. The second-order valence-corrected chi connectivity index (χ2v) is 13.7. The Labute approximate surface area is 314 Å². The van der Waals surface area contributed by atoms with Crippen LogP contribution in [0.3, 0.4) is 0 Å². The molecule has 0 aliphatic carbocycles. The summed E-state index contributed by atoms with van der Waals surface area (Å²) in [7, 11) is 0. The van der Waals surface area contributed by atoms with Crippen LogP contribution in [-0.2, 0) is 0 Å². The van der Waals surface area contributed by atoms with Crippen molar-refractivity contribution >= 4 is 49.8 Å². The Morgan fingerprint density at radius 3 is 1.57 bits per heavy atom. The minimum absolute atomic E-state index is 0.870. The summed E-state index contributed by atoms with van der Waals surface area (Å²) in [4.78, 5) is 2.39. The van der Waals surface area contributed by atoms with E-state index >= 15 is 0 Å². The van der Waals surface area contributed by atoms with Gasteiger partial charge in [-0.25, -0.2) is 0 Å². The van der Waals surface area contributed by atoms with Crippen LogP contribution < -0.4 is 4.90 Å². The number of hydrogen-bond donors (Lipinski definition) is 0. The number of hydrogen-bond acceptors (Lipinski definition) is 2. The van der Waals surface area contributed by atoms with Crippen LogP contribution in [0.15, 0.2) is 217 Å². The maximum Gasteiger partial charge on any atom is 0.145 e. The third-order valence-electron chi connectivity index (χ3n) is 10.4. The average molecular weight is 690 g/mol. The summed E-state index contributed by atoms with van der Waals surface area (Å²) in [6, 6.07) is 75.9. The van der Waals surface area contributed by atoms with Gasteiger partial charge in [0.25, 0.3) is 0 Å². The van der Waals surface area contributed by atoms with Gasteiger partial charge in [0.05, 0.1) is 11.1 Å². The smallest absolute Gasteiger partial charge is 0.145 e. The Hall–Kier alpha value is -7.16. The maximum atomic E-state index is 6.75. The monoisotopic (exact) mass is 689 g/mol. The van der Waals surface area contributed by atoms with Crippen LogP contribution in [-0.4, -0.2) is 0 Å². The fraction of sp³-hybridized carbons (Fsp3) is 0. The van der Waals surface area contributed by atoms with Gasteiger partial charge >= 0.3 is 0 Å². The van der Waals surface area contributed by atoms with Gasteiger partial charge in [-0.05, 0) is 98.2 Å². The topological polar surface area (TPSA) is 16.4 Å². The van der Waals surface area contributed by atoms with Gasteiger partial charge in [0.15, 0.2) is 0 Å². The highest BCUT2D eigenvalue weighted by Gasteiger charge is 2.23. The lowest BCUT2D eigenvalue weighted by molar-refractivity contribution is 0.670. The van der Waals surface area contributed by atoms with Gasteiger partial charge in [-0.2, -0.15) is 0 Å². The van der Waals surface area contributed by atoms with Gasteiger partial charge in [0.2, 0.25) is 0 Å². The minimum Gasteiger partial charge on any atom is -0.455 e. The molecule has 0 N–H and O–H groups in total. The fourth-order valence-electron chi connectivity index (χ4n) is 7.77. The van der Waals surface area contributed by atoms with Gasteiger partial charge in [0.1, 0.15) is 11.2 Å². The van der Waals surface area contributed by atoms with E-state index in [4.69, 9.17) is 4.42 Å². The number of para-hydroxylation sites is 1. The lowest BCUT2D eigenvalue weighted by Crippen LogP contribution is -2.10. The van der Waals surface area contributed by atoms with Gasteiger partial charge in [0, 0.05) is 22.3 Å². The molecule has 0 saturated carbocycles. The summed E-state index contributed by atoms with van der Waals surface area (Å²) in [6.07, 6.45) is 0. The van der Waals surface area contributed by atoms with Crippen LogP contribution in [0.4, 0.5) is 17.1 Å². The molecule has 54 heavy (non-hydrogen) atoms. The molecule has 0 aliphatic heterocycles. The summed E-state index contributed by atoms with van der Waals surface area (Å²) in [6.45, 7) is 0. The van der Waals surface area contributed by atoms with Crippen LogP contribution in [0.2, 0.25) is 0 Å². The molecular formula is C52H35NO. The van der Waals surface area contributed by atoms with E-state index in [0.717, 1.165) is 61.3 Å². The quantitative estimate of drug-likeness (QED) is 0.166. The molecule has 0 atom stereocenters. The molecule has 2 nitrogen and oxygen atoms in total. The second kappa shape index (κ2) is 13.4. The molecular weight excluding hydrogens is 655 g/mol. The van der Waals surface area contributed by atoms with E-state index in [1.807, 2.05) is 6.07 Å². The summed E-state index contributed by atoms with van der Waals surface area (Å²) < 4.78 is 6.75. The van der Waals surface area contributed by atoms with E-state index in [9.17, 15) is 0 Å².